The van der Waals surface area contributed by atoms with E-state index < -0.39 is 11.6 Å². The molecule has 0 radical (unpaired) electrons. The molecule has 0 N–H and O–H groups in total. The molecule has 0 bridgehead atoms. The second-order valence-electron chi connectivity index (χ2n) is 3.09. The van der Waals surface area contributed by atoms with E-state index in [-0.39, 0.29) is 6.54 Å². The normalized spacial score (nSPS) is 10.6. The minimum Gasteiger partial charge on any atom is -0.267 e. The Labute approximate surface area is 93.7 Å². The zero-order valence-electron chi connectivity index (χ0n) is 7.62. The molecule has 0 spiro atoms. The van der Waals surface area contributed by atoms with Crippen LogP contribution in [0.5, 0.6) is 0 Å². The van der Waals surface area contributed by atoms with Crippen molar-refractivity contribution in [3.63, 3.8) is 0 Å². The maximum atomic E-state index is 13.3. The van der Waals surface area contributed by atoms with Gasteiger partial charge in [0.2, 0.25) is 0 Å². The molecule has 0 aliphatic carbocycles. The fourth-order valence-corrected chi connectivity index (χ4v) is 1.58. The molecule has 15 heavy (non-hydrogen) atoms. The number of aromatic nitrogens is 2. The third-order valence-electron chi connectivity index (χ3n) is 1.95. The summed E-state index contributed by atoms with van der Waals surface area (Å²) in [4.78, 5) is 0. The van der Waals surface area contributed by atoms with E-state index in [4.69, 9.17) is 0 Å². The number of halogens is 3. The summed E-state index contributed by atoms with van der Waals surface area (Å²) in [7, 11) is 0. The molecule has 2 nitrogen and oxygen atoms in total. The molecular formula is C10H7BrF2N2. The molecule has 0 amide bonds. The lowest BCUT2D eigenvalue weighted by atomic mass is 10.2. The summed E-state index contributed by atoms with van der Waals surface area (Å²) in [5.74, 6) is -1.13. The Morgan fingerprint density at radius 1 is 1.33 bits per heavy atom. The summed E-state index contributed by atoms with van der Waals surface area (Å²) in [6.45, 7) is 0.289. The second-order valence-corrected chi connectivity index (χ2v) is 4.01. The Kier molecular flexibility index (Phi) is 2.81. The molecule has 0 unspecified atom stereocenters. The molecule has 2 rings (SSSR count). The van der Waals surface area contributed by atoms with Gasteiger partial charge in [0.15, 0.2) is 0 Å². The van der Waals surface area contributed by atoms with Gasteiger partial charge < -0.3 is 0 Å². The molecule has 78 valence electrons. The van der Waals surface area contributed by atoms with Gasteiger partial charge in [-0.15, -0.1) is 0 Å². The van der Waals surface area contributed by atoms with Crippen LogP contribution in [0.15, 0.2) is 35.1 Å². The predicted octanol–water partition coefficient (Wildman–Crippen LogP) is 2.97. The Balaban J connectivity index is 2.24. The van der Waals surface area contributed by atoms with Crippen molar-refractivity contribution < 1.29 is 8.78 Å². The molecular weight excluding hydrogens is 266 g/mol. The highest BCUT2D eigenvalue weighted by molar-refractivity contribution is 9.10. The van der Waals surface area contributed by atoms with Gasteiger partial charge in [0.1, 0.15) is 11.6 Å². The molecule has 1 aromatic heterocycles. The lowest BCUT2D eigenvalue weighted by Crippen LogP contribution is -2.02. The summed E-state index contributed by atoms with van der Waals surface area (Å²) < 4.78 is 28.3. The largest absolute Gasteiger partial charge is 0.267 e. The van der Waals surface area contributed by atoms with Crippen molar-refractivity contribution >= 4 is 15.9 Å². The van der Waals surface area contributed by atoms with Gasteiger partial charge in [-0.1, -0.05) is 6.07 Å². The van der Waals surface area contributed by atoms with Crippen LogP contribution in [-0.2, 0) is 6.54 Å². The number of hydrogen-bond acceptors (Lipinski definition) is 1. The Bertz CT molecular complexity index is 482. The highest BCUT2D eigenvalue weighted by atomic mass is 79.9. The Hall–Kier alpha value is -1.23. The number of hydrogen-bond donors (Lipinski definition) is 0. The van der Waals surface area contributed by atoms with Crippen LogP contribution in [0.3, 0.4) is 0 Å². The Morgan fingerprint density at radius 3 is 2.73 bits per heavy atom. The van der Waals surface area contributed by atoms with Crippen LogP contribution < -0.4 is 0 Å². The second kappa shape index (κ2) is 4.10. The van der Waals surface area contributed by atoms with Gasteiger partial charge in [-0.2, -0.15) is 5.10 Å². The van der Waals surface area contributed by atoms with Crippen molar-refractivity contribution in [1.82, 2.24) is 9.78 Å². The van der Waals surface area contributed by atoms with E-state index >= 15 is 0 Å². The molecule has 1 aromatic carbocycles. The van der Waals surface area contributed by atoms with Crippen molar-refractivity contribution in [2.45, 2.75) is 6.54 Å². The highest BCUT2D eigenvalue weighted by Gasteiger charge is 2.05. The van der Waals surface area contributed by atoms with E-state index in [9.17, 15) is 8.78 Å². The first-order valence-electron chi connectivity index (χ1n) is 4.27. The molecule has 0 aliphatic heterocycles. The van der Waals surface area contributed by atoms with E-state index in [1.807, 2.05) is 0 Å². The third kappa shape index (κ3) is 2.41. The predicted molar refractivity (Wildman–Crippen MR) is 55.4 cm³/mol. The van der Waals surface area contributed by atoms with Crippen molar-refractivity contribution in [3.05, 3.63) is 52.3 Å². The van der Waals surface area contributed by atoms with E-state index in [1.165, 1.54) is 12.1 Å². The maximum Gasteiger partial charge on any atom is 0.131 e. The summed E-state index contributed by atoms with van der Waals surface area (Å²) in [6, 6.07) is 3.52. The first kappa shape index (κ1) is 10.3. The summed E-state index contributed by atoms with van der Waals surface area (Å²) in [5, 5.41) is 3.98. The van der Waals surface area contributed by atoms with Crippen molar-refractivity contribution in [1.29, 1.82) is 0 Å². The zero-order chi connectivity index (χ0) is 10.8. The van der Waals surface area contributed by atoms with Gasteiger partial charge in [0, 0.05) is 17.8 Å². The summed E-state index contributed by atoms with van der Waals surface area (Å²) in [5.41, 5.74) is 0.409. The molecule has 2 aromatic rings. The molecule has 0 atom stereocenters. The van der Waals surface area contributed by atoms with Crippen LogP contribution in [0.25, 0.3) is 0 Å². The van der Waals surface area contributed by atoms with E-state index in [0.29, 0.717) is 5.56 Å². The molecule has 5 heteroatoms. The van der Waals surface area contributed by atoms with Gasteiger partial charge in [-0.25, -0.2) is 8.78 Å². The molecule has 1 heterocycles. The topological polar surface area (TPSA) is 17.8 Å². The van der Waals surface area contributed by atoms with Crippen LogP contribution >= 0.6 is 15.9 Å². The third-order valence-corrected chi connectivity index (χ3v) is 2.36. The Morgan fingerprint density at radius 2 is 2.13 bits per heavy atom. The first-order chi connectivity index (χ1) is 7.15. The lowest BCUT2D eigenvalue weighted by Gasteiger charge is -2.03. The van der Waals surface area contributed by atoms with Gasteiger partial charge in [0.05, 0.1) is 17.2 Å². The number of nitrogens with zero attached hydrogens (tertiary/aromatic N) is 2. The van der Waals surface area contributed by atoms with Gasteiger partial charge in [0.25, 0.3) is 0 Å². The van der Waals surface area contributed by atoms with Crippen LogP contribution in [0.4, 0.5) is 8.78 Å². The first-order valence-corrected chi connectivity index (χ1v) is 5.06. The van der Waals surface area contributed by atoms with Crippen molar-refractivity contribution in [3.8, 4) is 0 Å². The fourth-order valence-electron chi connectivity index (χ4n) is 1.25. The average molecular weight is 273 g/mol. The molecule has 0 fully saturated rings. The van der Waals surface area contributed by atoms with Crippen molar-refractivity contribution in [2.75, 3.05) is 0 Å². The number of rotatable bonds is 2. The minimum absolute atomic E-state index is 0.289. The quantitative estimate of drug-likeness (QED) is 0.822. The fraction of sp³-hybridized carbons (Fsp3) is 0.100. The zero-order valence-corrected chi connectivity index (χ0v) is 9.21. The monoisotopic (exact) mass is 272 g/mol. The van der Waals surface area contributed by atoms with Crippen LogP contribution in [0, 0.1) is 11.6 Å². The van der Waals surface area contributed by atoms with Gasteiger partial charge in [-0.3, -0.25) is 4.68 Å². The summed E-state index contributed by atoms with van der Waals surface area (Å²) in [6.07, 6.45) is 3.34. The lowest BCUT2D eigenvalue weighted by molar-refractivity contribution is 0.558. The average Bonchev–Trinajstić information content (AvgIpc) is 2.56. The van der Waals surface area contributed by atoms with Gasteiger partial charge >= 0.3 is 0 Å². The minimum atomic E-state index is -0.571. The van der Waals surface area contributed by atoms with E-state index in [0.717, 1.165) is 10.5 Å². The SMILES string of the molecule is Fc1ccc(Cn2cc(Br)cn2)c(F)c1. The number of benzene rings is 1. The van der Waals surface area contributed by atoms with Crippen LogP contribution in [-0.4, -0.2) is 9.78 Å². The van der Waals surface area contributed by atoms with Crippen LogP contribution in [0.2, 0.25) is 0 Å². The molecule has 0 saturated carbocycles. The standard InChI is InChI=1S/C10H7BrF2N2/c11-8-4-14-15(6-8)5-7-1-2-9(12)3-10(7)13/h1-4,6H,5H2. The van der Waals surface area contributed by atoms with E-state index in [2.05, 4.69) is 21.0 Å². The summed E-state index contributed by atoms with van der Waals surface area (Å²) >= 11 is 3.24. The van der Waals surface area contributed by atoms with Crippen molar-refractivity contribution in [2.24, 2.45) is 0 Å². The highest BCUT2D eigenvalue weighted by Crippen LogP contribution is 2.12. The molecule has 0 saturated heterocycles. The van der Waals surface area contributed by atoms with Gasteiger partial charge in [-0.05, 0) is 22.0 Å². The maximum absolute atomic E-state index is 13.3. The van der Waals surface area contributed by atoms with Crippen LogP contribution in [0.1, 0.15) is 5.56 Å². The smallest absolute Gasteiger partial charge is 0.131 e. The molecule has 0 aliphatic rings. The van der Waals surface area contributed by atoms with E-state index in [1.54, 1.807) is 17.1 Å².